The fraction of sp³-hybridized carbons (Fsp3) is 0.895. The summed E-state index contributed by atoms with van der Waals surface area (Å²) in [6.07, 6.45) is 2.61. The molecule has 0 bridgehead atoms. The molecule has 2 N–H and O–H groups in total. The van der Waals surface area contributed by atoms with E-state index < -0.39 is 11.6 Å². The van der Waals surface area contributed by atoms with Crippen molar-refractivity contribution in [3.8, 4) is 0 Å². The summed E-state index contributed by atoms with van der Waals surface area (Å²) in [5.41, 5.74) is 5.55. The summed E-state index contributed by atoms with van der Waals surface area (Å²) in [5.74, 6) is 0.0923. The SMILES string of the molecule is CC(C)[C@H](N)C(=O)N1CCCCC1CN(C(=O)OC(C)(C)C)C(C)C. The molecular weight excluding hydrogens is 318 g/mol. The molecule has 0 aromatic rings. The van der Waals surface area contributed by atoms with Crippen molar-refractivity contribution in [2.24, 2.45) is 11.7 Å². The number of carbonyl (C=O) groups is 2. The predicted molar refractivity (Wildman–Crippen MR) is 100 cm³/mol. The lowest BCUT2D eigenvalue weighted by atomic mass is 9.97. The number of nitrogens with zero attached hydrogens (tertiary/aromatic N) is 2. The highest BCUT2D eigenvalue weighted by Gasteiger charge is 2.34. The number of nitrogens with two attached hydrogens (primary N) is 1. The van der Waals surface area contributed by atoms with Crippen LogP contribution < -0.4 is 5.73 Å². The first kappa shape index (κ1) is 21.7. The Morgan fingerprint density at radius 2 is 1.80 bits per heavy atom. The molecule has 146 valence electrons. The fourth-order valence-electron chi connectivity index (χ4n) is 3.00. The van der Waals surface area contributed by atoms with Gasteiger partial charge in [0.2, 0.25) is 5.91 Å². The molecule has 6 heteroatoms. The maximum Gasteiger partial charge on any atom is 0.410 e. The quantitative estimate of drug-likeness (QED) is 0.822. The van der Waals surface area contributed by atoms with Gasteiger partial charge in [-0.15, -0.1) is 0 Å². The van der Waals surface area contributed by atoms with Crippen LogP contribution in [0.3, 0.4) is 0 Å². The monoisotopic (exact) mass is 355 g/mol. The molecule has 2 amide bonds. The highest BCUT2D eigenvalue weighted by atomic mass is 16.6. The summed E-state index contributed by atoms with van der Waals surface area (Å²) < 4.78 is 5.54. The Kier molecular flexibility index (Phi) is 7.72. The van der Waals surface area contributed by atoms with E-state index in [1.165, 1.54) is 0 Å². The van der Waals surface area contributed by atoms with Crippen LogP contribution in [-0.4, -0.2) is 58.6 Å². The summed E-state index contributed by atoms with van der Waals surface area (Å²) in [7, 11) is 0. The Morgan fingerprint density at radius 1 is 1.20 bits per heavy atom. The van der Waals surface area contributed by atoms with Crippen molar-refractivity contribution in [3.05, 3.63) is 0 Å². The number of likely N-dealkylation sites (tertiary alicyclic amines) is 1. The molecule has 1 aliphatic rings. The second-order valence-electron chi connectivity index (χ2n) is 8.68. The number of amides is 2. The molecule has 25 heavy (non-hydrogen) atoms. The van der Waals surface area contributed by atoms with Crippen molar-refractivity contribution < 1.29 is 14.3 Å². The molecule has 0 spiro atoms. The molecule has 1 aliphatic heterocycles. The minimum atomic E-state index is -0.535. The number of piperidine rings is 1. The number of ether oxygens (including phenoxy) is 1. The Hall–Kier alpha value is -1.30. The zero-order valence-electron chi connectivity index (χ0n) is 17.0. The van der Waals surface area contributed by atoms with E-state index in [1.54, 1.807) is 4.90 Å². The standard InChI is InChI=1S/C19H37N3O3/c1-13(2)16(20)17(23)21-11-9-8-10-15(21)12-22(14(3)4)18(24)25-19(5,6)7/h13-16H,8-12,20H2,1-7H3/t15?,16-/m0/s1. The van der Waals surface area contributed by atoms with Crippen LogP contribution in [0.5, 0.6) is 0 Å². The van der Waals surface area contributed by atoms with Gasteiger partial charge in [-0.3, -0.25) is 4.79 Å². The molecular formula is C19H37N3O3. The molecule has 2 atom stereocenters. The van der Waals surface area contributed by atoms with Gasteiger partial charge >= 0.3 is 6.09 Å². The van der Waals surface area contributed by atoms with Crippen LogP contribution in [0.4, 0.5) is 4.79 Å². The normalized spacial score (nSPS) is 19.9. The molecule has 0 saturated carbocycles. The molecule has 0 aromatic carbocycles. The molecule has 0 radical (unpaired) electrons. The van der Waals surface area contributed by atoms with Crippen LogP contribution in [0.15, 0.2) is 0 Å². The smallest absolute Gasteiger partial charge is 0.410 e. The van der Waals surface area contributed by atoms with E-state index in [4.69, 9.17) is 10.5 Å². The largest absolute Gasteiger partial charge is 0.444 e. The summed E-state index contributed by atoms with van der Waals surface area (Å²) >= 11 is 0. The van der Waals surface area contributed by atoms with Crippen molar-refractivity contribution in [2.75, 3.05) is 13.1 Å². The molecule has 0 aromatic heterocycles. The van der Waals surface area contributed by atoms with Crippen LogP contribution in [0, 0.1) is 5.92 Å². The summed E-state index contributed by atoms with van der Waals surface area (Å²) in [6.45, 7) is 14.7. The highest BCUT2D eigenvalue weighted by Crippen LogP contribution is 2.22. The highest BCUT2D eigenvalue weighted by molar-refractivity contribution is 5.82. The lowest BCUT2D eigenvalue weighted by Crippen LogP contribution is -2.57. The van der Waals surface area contributed by atoms with Crippen molar-refractivity contribution >= 4 is 12.0 Å². The van der Waals surface area contributed by atoms with E-state index in [1.807, 2.05) is 53.4 Å². The fourth-order valence-corrected chi connectivity index (χ4v) is 3.00. The van der Waals surface area contributed by atoms with Crippen molar-refractivity contribution in [1.82, 2.24) is 9.80 Å². The van der Waals surface area contributed by atoms with Crippen molar-refractivity contribution in [1.29, 1.82) is 0 Å². The maximum atomic E-state index is 12.8. The van der Waals surface area contributed by atoms with Gasteiger partial charge < -0.3 is 20.3 Å². The third-order valence-corrected chi connectivity index (χ3v) is 4.57. The molecule has 6 nitrogen and oxygen atoms in total. The van der Waals surface area contributed by atoms with Crippen LogP contribution in [0.1, 0.15) is 67.7 Å². The number of hydrogen-bond donors (Lipinski definition) is 1. The molecule has 1 rings (SSSR count). The average molecular weight is 356 g/mol. The summed E-state index contributed by atoms with van der Waals surface area (Å²) in [4.78, 5) is 28.9. The third kappa shape index (κ3) is 6.49. The lowest BCUT2D eigenvalue weighted by molar-refractivity contribution is -0.138. The third-order valence-electron chi connectivity index (χ3n) is 4.57. The Bertz CT molecular complexity index is 457. The second-order valence-corrected chi connectivity index (χ2v) is 8.68. The zero-order valence-corrected chi connectivity index (χ0v) is 17.0. The van der Waals surface area contributed by atoms with Crippen LogP contribution >= 0.6 is 0 Å². The minimum absolute atomic E-state index is 0.000897. The van der Waals surface area contributed by atoms with E-state index in [0.29, 0.717) is 13.1 Å². The molecule has 1 saturated heterocycles. The second kappa shape index (κ2) is 8.88. The van der Waals surface area contributed by atoms with Gasteiger partial charge in [0.15, 0.2) is 0 Å². The van der Waals surface area contributed by atoms with E-state index in [2.05, 4.69) is 0 Å². The average Bonchev–Trinajstić information content (AvgIpc) is 2.49. The van der Waals surface area contributed by atoms with Gasteiger partial charge in [-0.2, -0.15) is 0 Å². The van der Waals surface area contributed by atoms with Gasteiger partial charge in [-0.25, -0.2) is 4.79 Å². The van der Waals surface area contributed by atoms with Gasteiger partial charge in [0.25, 0.3) is 0 Å². The molecule has 1 heterocycles. The van der Waals surface area contributed by atoms with E-state index in [9.17, 15) is 9.59 Å². The molecule has 1 fully saturated rings. The van der Waals surface area contributed by atoms with E-state index in [0.717, 1.165) is 19.3 Å². The minimum Gasteiger partial charge on any atom is -0.444 e. The van der Waals surface area contributed by atoms with Crippen LogP contribution in [0.2, 0.25) is 0 Å². The van der Waals surface area contributed by atoms with Gasteiger partial charge in [0.1, 0.15) is 5.60 Å². The maximum absolute atomic E-state index is 12.8. The molecule has 1 unspecified atom stereocenters. The first-order valence-electron chi connectivity index (χ1n) is 9.49. The summed E-state index contributed by atoms with van der Waals surface area (Å²) in [6, 6.07) is -0.483. The van der Waals surface area contributed by atoms with Gasteiger partial charge in [0.05, 0.1) is 6.04 Å². The first-order valence-corrected chi connectivity index (χ1v) is 9.49. The Labute approximate surface area is 153 Å². The predicted octanol–water partition coefficient (Wildman–Crippen LogP) is 3.00. The number of rotatable bonds is 5. The first-order chi connectivity index (χ1) is 11.4. The Morgan fingerprint density at radius 3 is 2.28 bits per heavy atom. The van der Waals surface area contributed by atoms with Gasteiger partial charge in [-0.1, -0.05) is 13.8 Å². The lowest BCUT2D eigenvalue weighted by Gasteiger charge is -2.41. The Balaban J connectivity index is 2.89. The van der Waals surface area contributed by atoms with Crippen LogP contribution in [0.25, 0.3) is 0 Å². The van der Waals surface area contributed by atoms with Crippen LogP contribution in [-0.2, 0) is 9.53 Å². The number of carbonyl (C=O) groups excluding carboxylic acids is 2. The van der Waals surface area contributed by atoms with Crippen molar-refractivity contribution in [3.63, 3.8) is 0 Å². The van der Waals surface area contributed by atoms with E-state index >= 15 is 0 Å². The zero-order chi connectivity index (χ0) is 19.4. The van der Waals surface area contributed by atoms with Crippen molar-refractivity contribution in [2.45, 2.75) is 91.5 Å². The number of hydrogen-bond acceptors (Lipinski definition) is 4. The van der Waals surface area contributed by atoms with Gasteiger partial charge in [0, 0.05) is 25.2 Å². The summed E-state index contributed by atoms with van der Waals surface area (Å²) in [5, 5.41) is 0. The van der Waals surface area contributed by atoms with Gasteiger partial charge in [-0.05, 0) is 59.8 Å². The molecule has 0 aliphatic carbocycles. The van der Waals surface area contributed by atoms with E-state index in [-0.39, 0.29) is 30.0 Å². The topological polar surface area (TPSA) is 75.9 Å².